The highest BCUT2D eigenvalue weighted by molar-refractivity contribution is 5.76. The lowest BCUT2D eigenvalue weighted by Gasteiger charge is -2.22. The predicted molar refractivity (Wildman–Crippen MR) is 333 cm³/mol. The number of aliphatic hydroxyl groups excluding tert-OH is 2. The fourth-order valence-electron chi connectivity index (χ4n) is 11.0. The molecule has 0 rings (SSSR count). The van der Waals surface area contributed by atoms with Crippen LogP contribution in [0.4, 0.5) is 0 Å². The Balaban J connectivity index is 3.42. The average molecular weight is 1070 g/mol. The van der Waals surface area contributed by atoms with Crippen LogP contribution >= 0.6 is 0 Å². The molecule has 0 aromatic carbocycles. The molecule has 76 heavy (non-hydrogen) atoms. The van der Waals surface area contributed by atoms with Crippen LogP contribution in [-0.4, -0.2) is 47.4 Å². The average Bonchev–Trinajstić information content (AvgIpc) is 3.42. The Bertz CT molecular complexity index is 1190. The SMILES string of the molecule is CCCCCCCCCCCCCCCCCCCCC(=O)OCCCCCCCCCCC/C=C\C/C=C\CCCCCCCCCC(=O)NC(CO)C(O)CCCCCCCCCCCCCCCCCCCC. The van der Waals surface area contributed by atoms with Crippen molar-refractivity contribution in [3.8, 4) is 0 Å². The van der Waals surface area contributed by atoms with Crippen LogP contribution in [0.2, 0.25) is 0 Å². The number of ether oxygens (including phenoxy) is 1. The van der Waals surface area contributed by atoms with Gasteiger partial charge in [-0.25, -0.2) is 0 Å². The summed E-state index contributed by atoms with van der Waals surface area (Å²) in [6, 6.07) is -0.550. The summed E-state index contributed by atoms with van der Waals surface area (Å²) in [5, 5.41) is 23.4. The lowest BCUT2D eigenvalue weighted by atomic mass is 10.0. The molecule has 2 unspecified atom stereocenters. The summed E-state index contributed by atoms with van der Waals surface area (Å²) in [6.07, 6.45) is 82.1. The molecule has 0 aliphatic rings. The van der Waals surface area contributed by atoms with E-state index in [1.165, 1.54) is 308 Å². The highest BCUT2D eigenvalue weighted by Crippen LogP contribution is 2.19. The van der Waals surface area contributed by atoms with Crippen molar-refractivity contribution in [3.05, 3.63) is 24.3 Å². The number of nitrogens with one attached hydrogen (secondary N) is 1. The van der Waals surface area contributed by atoms with Crippen LogP contribution < -0.4 is 5.32 Å². The van der Waals surface area contributed by atoms with Crippen molar-refractivity contribution in [3.63, 3.8) is 0 Å². The summed E-state index contributed by atoms with van der Waals surface area (Å²) in [6.45, 7) is 4.98. The summed E-state index contributed by atoms with van der Waals surface area (Å²) >= 11 is 0. The smallest absolute Gasteiger partial charge is 0.305 e. The van der Waals surface area contributed by atoms with Crippen molar-refractivity contribution in [2.24, 2.45) is 0 Å². The molecule has 0 radical (unpaired) electrons. The first-order valence-corrected chi connectivity index (χ1v) is 34.6. The number of esters is 1. The number of rotatable bonds is 65. The topological polar surface area (TPSA) is 95.9 Å². The molecule has 0 aliphatic carbocycles. The van der Waals surface area contributed by atoms with Crippen LogP contribution in [0.3, 0.4) is 0 Å². The maximum Gasteiger partial charge on any atom is 0.305 e. The van der Waals surface area contributed by atoms with E-state index in [0.29, 0.717) is 25.9 Å². The number of allylic oxidation sites excluding steroid dienone is 4. The van der Waals surface area contributed by atoms with Crippen molar-refractivity contribution in [2.75, 3.05) is 13.2 Å². The Morgan fingerprint density at radius 3 is 1.00 bits per heavy atom. The molecule has 0 fully saturated rings. The number of hydrogen-bond donors (Lipinski definition) is 3. The standard InChI is InChI=1S/C70H135NO5/c1-3-5-7-9-11-13-15-17-19-21-30-34-38-42-46-50-54-58-62-68(73)67(66-72)71-69(74)63-59-55-51-47-43-39-35-31-28-26-24-23-25-27-29-33-37-41-45-49-53-57-61-65-76-70(75)64-60-56-52-48-44-40-36-32-22-20-18-16-14-12-10-8-6-4-2/h23,25-26,28,67-68,72-73H,3-22,24,27,29-66H2,1-2H3,(H,71,74)/b25-23-,28-26-. The van der Waals surface area contributed by atoms with Crippen LogP contribution in [0.15, 0.2) is 24.3 Å². The van der Waals surface area contributed by atoms with E-state index in [4.69, 9.17) is 4.74 Å². The van der Waals surface area contributed by atoms with Gasteiger partial charge in [0.25, 0.3) is 0 Å². The second-order valence-electron chi connectivity index (χ2n) is 23.9. The molecule has 0 bridgehead atoms. The molecule has 0 aromatic rings. The van der Waals surface area contributed by atoms with E-state index in [0.717, 1.165) is 44.9 Å². The van der Waals surface area contributed by atoms with Gasteiger partial charge in [0.15, 0.2) is 0 Å². The molecule has 0 heterocycles. The summed E-state index contributed by atoms with van der Waals surface area (Å²) in [5.41, 5.74) is 0. The zero-order valence-corrected chi connectivity index (χ0v) is 51.5. The van der Waals surface area contributed by atoms with E-state index in [1.807, 2.05) is 0 Å². The number of aliphatic hydroxyl groups is 2. The summed E-state index contributed by atoms with van der Waals surface area (Å²) in [7, 11) is 0. The Hall–Kier alpha value is -1.66. The number of unbranched alkanes of at least 4 members (excludes halogenated alkanes) is 50. The van der Waals surface area contributed by atoms with Crippen LogP contribution in [-0.2, 0) is 14.3 Å². The molecule has 6 nitrogen and oxygen atoms in total. The van der Waals surface area contributed by atoms with Gasteiger partial charge in [0.1, 0.15) is 0 Å². The maximum absolute atomic E-state index is 12.5. The number of amides is 1. The van der Waals surface area contributed by atoms with Gasteiger partial charge in [0, 0.05) is 12.8 Å². The lowest BCUT2D eigenvalue weighted by Crippen LogP contribution is -2.45. The zero-order valence-electron chi connectivity index (χ0n) is 51.5. The highest BCUT2D eigenvalue weighted by atomic mass is 16.5. The van der Waals surface area contributed by atoms with Crippen molar-refractivity contribution < 1.29 is 24.5 Å². The molecule has 0 spiro atoms. The molecule has 6 heteroatoms. The van der Waals surface area contributed by atoms with Crippen molar-refractivity contribution in [2.45, 2.75) is 398 Å². The lowest BCUT2D eigenvalue weighted by molar-refractivity contribution is -0.143. The predicted octanol–water partition coefficient (Wildman–Crippen LogP) is 22.1. The van der Waals surface area contributed by atoms with Gasteiger partial charge in [-0.1, -0.05) is 340 Å². The van der Waals surface area contributed by atoms with E-state index in [1.54, 1.807) is 0 Å². The van der Waals surface area contributed by atoms with Crippen LogP contribution in [0.1, 0.15) is 386 Å². The molecule has 3 N–H and O–H groups in total. The normalized spacial score (nSPS) is 12.6. The van der Waals surface area contributed by atoms with Gasteiger partial charge in [0.05, 0.1) is 25.4 Å². The summed E-state index contributed by atoms with van der Waals surface area (Å²) in [5.74, 6) is -0.0297. The zero-order chi connectivity index (χ0) is 55.0. The van der Waals surface area contributed by atoms with E-state index in [9.17, 15) is 19.8 Å². The third-order valence-electron chi connectivity index (χ3n) is 16.3. The monoisotopic (exact) mass is 1070 g/mol. The van der Waals surface area contributed by atoms with E-state index in [-0.39, 0.29) is 18.5 Å². The van der Waals surface area contributed by atoms with Gasteiger partial charge in [-0.2, -0.15) is 0 Å². The summed E-state index contributed by atoms with van der Waals surface area (Å²) in [4.78, 5) is 24.6. The number of hydrogen-bond acceptors (Lipinski definition) is 5. The molecule has 0 saturated carbocycles. The number of carbonyl (C=O) groups is 2. The Labute approximate surface area is 475 Å². The third-order valence-corrected chi connectivity index (χ3v) is 16.3. The first-order chi connectivity index (χ1) is 37.5. The van der Waals surface area contributed by atoms with Gasteiger partial charge in [0.2, 0.25) is 5.91 Å². The molecular formula is C70H135NO5. The van der Waals surface area contributed by atoms with E-state index < -0.39 is 12.1 Å². The van der Waals surface area contributed by atoms with E-state index >= 15 is 0 Å². The molecule has 1 amide bonds. The third kappa shape index (κ3) is 61.6. The molecule has 450 valence electrons. The van der Waals surface area contributed by atoms with Crippen molar-refractivity contribution >= 4 is 11.9 Å². The van der Waals surface area contributed by atoms with Gasteiger partial charge < -0.3 is 20.3 Å². The summed E-state index contributed by atoms with van der Waals surface area (Å²) < 4.78 is 5.50. The first kappa shape index (κ1) is 74.3. The second-order valence-corrected chi connectivity index (χ2v) is 23.9. The Morgan fingerprint density at radius 1 is 0.368 bits per heavy atom. The van der Waals surface area contributed by atoms with Gasteiger partial charge in [-0.05, 0) is 57.8 Å². The minimum Gasteiger partial charge on any atom is -0.466 e. The van der Waals surface area contributed by atoms with Crippen LogP contribution in [0.5, 0.6) is 0 Å². The van der Waals surface area contributed by atoms with Gasteiger partial charge in [-0.15, -0.1) is 0 Å². The molecule has 0 aromatic heterocycles. The van der Waals surface area contributed by atoms with Crippen molar-refractivity contribution in [1.29, 1.82) is 0 Å². The number of carbonyl (C=O) groups excluding carboxylic acids is 2. The Morgan fingerprint density at radius 2 is 0.658 bits per heavy atom. The quantitative estimate of drug-likeness (QED) is 0.0320. The molecule has 0 saturated heterocycles. The fraction of sp³-hybridized carbons (Fsp3) is 0.914. The highest BCUT2D eigenvalue weighted by Gasteiger charge is 2.20. The largest absolute Gasteiger partial charge is 0.466 e. The first-order valence-electron chi connectivity index (χ1n) is 34.6. The van der Waals surface area contributed by atoms with Gasteiger partial charge >= 0.3 is 5.97 Å². The minimum atomic E-state index is -0.671. The van der Waals surface area contributed by atoms with Gasteiger partial charge in [-0.3, -0.25) is 9.59 Å². The molecular weight excluding hydrogens is 935 g/mol. The second kappa shape index (κ2) is 65.9. The van der Waals surface area contributed by atoms with Crippen molar-refractivity contribution in [1.82, 2.24) is 5.32 Å². The van der Waals surface area contributed by atoms with Crippen LogP contribution in [0, 0.1) is 0 Å². The molecule has 2 atom stereocenters. The molecule has 0 aliphatic heterocycles. The Kier molecular flexibility index (Phi) is 64.4. The fourth-order valence-corrected chi connectivity index (χ4v) is 11.0. The van der Waals surface area contributed by atoms with Crippen LogP contribution in [0.25, 0.3) is 0 Å². The minimum absolute atomic E-state index is 0.0123. The van der Waals surface area contributed by atoms with E-state index in [2.05, 4.69) is 43.5 Å². The maximum atomic E-state index is 12.5.